The van der Waals surface area contributed by atoms with Crippen LogP contribution in [0.15, 0.2) is 32.3 Å². The molecule has 0 saturated carbocycles. The fraction of sp³-hybridized carbons (Fsp3) is 0.364. The van der Waals surface area contributed by atoms with Crippen LogP contribution in [0.4, 0.5) is 0 Å². The third-order valence-corrected chi connectivity index (χ3v) is 6.40. The maximum absolute atomic E-state index is 13.3. The number of halogens is 2. The summed E-state index contributed by atoms with van der Waals surface area (Å²) in [5.74, 6) is 2.39. The third kappa shape index (κ3) is 4.43. The zero-order valence-corrected chi connectivity index (χ0v) is 21.4. The maximum Gasteiger partial charge on any atom is 0.286 e. The molecule has 11 nitrogen and oxygen atoms in total. The van der Waals surface area contributed by atoms with Crippen LogP contribution >= 0.6 is 27.5 Å². The highest BCUT2D eigenvalue weighted by Gasteiger charge is 2.20. The summed E-state index contributed by atoms with van der Waals surface area (Å²) in [6, 6.07) is 5.22. The Kier molecular flexibility index (Phi) is 6.56. The van der Waals surface area contributed by atoms with E-state index < -0.39 is 0 Å². The molecule has 0 spiro atoms. The van der Waals surface area contributed by atoms with Gasteiger partial charge in [0.1, 0.15) is 11.6 Å². The fourth-order valence-electron chi connectivity index (χ4n) is 3.95. The molecule has 0 bridgehead atoms. The minimum absolute atomic E-state index is 0.251. The van der Waals surface area contributed by atoms with Gasteiger partial charge in [0, 0.05) is 19.4 Å². The highest BCUT2D eigenvalue weighted by molar-refractivity contribution is 9.10. The lowest BCUT2D eigenvalue weighted by atomic mass is 10.2. The second-order valence-electron chi connectivity index (χ2n) is 8.00. The van der Waals surface area contributed by atoms with Gasteiger partial charge >= 0.3 is 0 Å². The average Bonchev–Trinajstić information content (AvgIpc) is 3.58. The van der Waals surface area contributed by atoms with E-state index in [0.717, 1.165) is 19.3 Å². The van der Waals surface area contributed by atoms with Crippen molar-refractivity contribution < 1.29 is 9.26 Å². The molecule has 182 valence electrons. The Morgan fingerprint density at radius 3 is 2.83 bits per heavy atom. The lowest BCUT2D eigenvalue weighted by Gasteiger charge is -2.09. The molecule has 13 heteroatoms. The van der Waals surface area contributed by atoms with Gasteiger partial charge < -0.3 is 14.2 Å². The van der Waals surface area contributed by atoms with Crippen LogP contribution in [0.1, 0.15) is 37.8 Å². The van der Waals surface area contributed by atoms with Crippen LogP contribution in [0.2, 0.25) is 5.02 Å². The van der Waals surface area contributed by atoms with E-state index in [1.165, 1.54) is 4.40 Å². The molecule has 5 aromatic rings. The van der Waals surface area contributed by atoms with Crippen molar-refractivity contribution >= 4 is 44.5 Å². The fourth-order valence-corrected chi connectivity index (χ4v) is 4.57. The number of fused-ring (bicyclic) bond motifs is 2. The highest BCUT2D eigenvalue weighted by atomic mass is 79.9. The average molecular weight is 562 g/mol. The van der Waals surface area contributed by atoms with Crippen molar-refractivity contribution in [1.82, 2.24) is 39.3 Å². The first-order valence-electron chi connectivity index (χ1n) is 11.2. The summed E-state index contributed by atoms with van der Waals surface area (Å²) in [4.78, 5) is 25.2. The number of aromatic amines is 1. The van der Waals surface area contributed by atoms with E-state index in [4.69, 9.17) is 20.9 Å². The largest absolute Gasteiger partial charge is 0.497 e. The van der Waals surface area contributed by atoms with Crippen LogP contribution in [0.3, 0.4) is 0 Å². The van der Waals surface area contributed by atoms with E-state index >= 15 is 0 Å². The van der Waals surface area contributed by atoms with E-state index in [1.807, 2.05) is 4.57 Å². The number of methoxy groups -OCH3 is 1. The smallest absolute Gasteiger partial charge is 0.286 e. The maximum atomic E-state index is 13.3. The van der Waals surface area contributed by atoms with Crippen LogP contribution in [-0.4, -0.2) is 46.4 Å². The molecule has 0 amide bonds. The van der Waals surface area contributed by atoms with E-state index in [1.54, 1.807) is 25.3 Å². The number of H-pyrrole nitrogens is 1. The van der Waals surface area contributed by atoms with Crippen LogP contribution < -0.4 is 10.3 Å². The molecule has 5 rings (SSSR count). The third-order valence-electron chi connectivity index (χ3n) is 5.72. The molecule has 0 fully saturated rings. The molecule has 4 heterocycles. The first kappa shape index (κ1) is 23.5. The number of nitrogens with zero attached hydrogens (tertiary/aromatic N) is 7. The molecule has 0 unspecified atom stereocenters. The number of unbranched alkanes of at least 4 members (excludes halogenated alkanes) is 2. The number of ether oxygens (including phenoxy) is 1. The van der Waals surface area contributed by atoms with Crippen LogP contribution in [0.5, 0.6) is 5.75 Å². The zero-order valence-electron chi connectivity index (χ0n) is 19.1. The topological polar surface area (TPSA) is 129 Å². The molecule has 0 aliphatic carbocycles. The summed E-state index contributed by atoms with van der Waals surface area (Å²) in [6.07, 6.45) is 3.87. The number of aromatic nitrogens is 8. The minimum Gasteiger partial charge on any atom is -0.497 e. The molecular weight excluding hydrogens is 540 g/mol. The van der Waals surface area contributed by atoms with E-state index in [2.05, 4.69) is 53.2 Å². The van der Waals surface area contributed by atoms with E-state index in [-0.39, 0.29) is 5.56 Å². The van der Waals surface area contributed by atoms with Gasteiger partial charge in [-0.25, -0.2) is 9.38 Å². The molecular formula is C22H22BrClN8O3. The van der Waals surface area contributed by atoms with Gasteiger partial charge in [0.05, 0.1) is 17.7 Å². The monoisotopic (exact) mass is 560 g/mol. The second-order valence-corrected chi connectivity index (χ2v) is 9.16. The van der Waals surface area contributed by atoms with Gasteiger partial charge in [-0.3, -0.25) is 9.36 Å². The Morgan fingerprint density at radius 1 is 1.20 bits per heavy atom. The lowest BCUT2D eigenvalue weighted by molar-refractivity contribution is 0.414. The Morgan fingerprint density at radius 2 is 2.06 bits per heavy atom. The van der Waals surface area contributed by atoms with Gasteiger partial charge in [-0.05, 0) is 40.5 Å². The number of benzene rings is 1. The number of nitrogens with one attached hydrogen (secondary N) is 1. The first-order valence-corrected chi connectivity index (χ1v) is 12.4. The van der Waals surface area contributed by atoms with Crippen LogP contribution in [0, 0.1) is 0 Å². The van der Waals surface area contributed by atoms with Gasteiger partial charge in [-0.2, -0.15) is 4.98 Å². The number of hydrogen-bond donors (Lipinski definition) is 1. The summed E-state index contributed by atoms with van der Waals surface area (Å²) in [5.41, 5.74) is 1.32. The van der Waals surface area contributed by atoms with Crippen molar-refractivity contribution in [2.75, 3.05) is 7.11 Å². The van der Waals surface area contributed by atoms with E-state index in [0.29, 0.717) is 74.9 Å². The molecule has 0 saturated heterocycles. The predicted octanol–water partition coefficient (Wildman–Crippen LogP) is 4.22. The van der Waals surface area contributed by atoms with E-state index in [9.17, 15) is 4.79 Å². The molecule has 0 atom stereocenters. The molecule has 4 aromatic heterocycles. The van der Waals surface area contributed by atoms with Crippen molar-refractivity contribution in [3.8, 4) is 17.2 Å². The predicted molar refractivity (Wildman–Crippen MR) is 133 cm³/mol. The Labute approximate surface area is 212 Å². The van der Waals surface area contributed by atoms with Gasteiger partial charge in [-0.15, -0.1) is 10.2 Å². The summed E-state index contributed by atoms with van der Waals surface area (Å²) in [7, 11) is 1.57. The Balaban J connectivity index is 1.44. The number of hydrogen-bond acceptors (Lipinski definition) is 8. The molecule has 1 aromatic carbocycles. The summed E-state index contributed by atoms with van der Waals surface area (Å²) < 4.78 is 14.5. The molecule has 0 radical (unpaired) electrons. The summed E-state index contributed by atoms with van der Waals surface area (Å²) in [5, 5.41) is 13.1. The molecule has 35 heavy (non-hydrogen) atoms. The number of aryl methyl sites for hydroxylation is 3. The number of imidazole rings is 1. The van der Waals surface area contributed by atoms with Crippen molar-refractivity contribution in [3.05, 3.63) is 50.0 Å². The SMILES string of the molecule is CCCCCn1c2nc(Br)[nH]c2c(=O)n2c(CCc3noc(-c4ccc(OC)cc4Cl)n3)nnc12. The quantitative estimate of drug-likeness (QED) is 0.209. The summed E-state index contributed by atoms with van der Waals surface area (Å²) in [6.45, 7) is 2.82. The van der Waals surface area contributed by atoms with Crippen molar-refractivity contribution in [1.29, 1.82) is 0 Å². The Hall–Kier alpha value is -3.25. The van der Waals surface area contributed by atoms with Gasteiger partial charge in [0.2, 0.25) is 5.78 Å². The standard InChI is InChI=1S/C22H22BrClN8O3/c1-3-4-5-10-31-18-17(26-21(23)27-18)20(33)32-16(28-29-22(31)32)9-8-15-25-19(35-30-15)13-7-6-12(34-2)11-14(13)24/h6-7,11H,3-5,8-10H2,1-2H3,(H,26,27). The normalized spacial score (nSPS) is 11.7. The Bertz CT molecular complexity index is 1570. The van der Waals surface area contributed by atoms with Gasteiger partial charge in [0.25, 0.3) is 11.4 Å². The van der Waals surface area contributed by atoms with Gasteiger partial charge in [0.15, 0.2) is 21.7 Å². The van der Waals surface area contributed by atoms with Crippen molar-refractivity contribution in [3.63, 3.8) is 0 Å². The summed E-state index contributed by atoms with van der Waals surface area (Å²) >= 11 is 9.67. The van der Waals surface area contributed by atoms with Crippen molar-refractivity contribution in [2.24, 2.45) is 0 Å². The van der Waals surface area contributed by atoms with Gasteiger partial charge in [-0.1, -0.05) is 36.5 Å². The molecule has 0 aliphatic rings. The zero-order chi connectivity index (χ0) is 24.5. The van der Waals surface area contributed by atoms with Crippen LogP contribution in [-0.2, 0) is 19.4 Å². The second kappa shape index (κ2) is 9.78. The minimum atomic E-state index is -0.251. The first-order chi connectivity index (χ1) is 17.0. The van der Waals surface area contributed by atoms with Crippen LogP contribution in [0.25, 0.3) is 28.4 Å². The lowest BCUT2D eigenvalue weighted by Crippen LogP contribution is -2.21. The number of rotatable bonds is 9. The highest BCUT2D eigenvalue weighted by Crippen LogP contribution is 2.30. The molecule has 0 aliphatic heterocycles. The molecule has 1 N–H and O–H groups in total. The van der Waals surface area contributed by atoms with Crippen molar-refractivity contribution in [2.45, 2.75) is 45.6 Å².